The van der Waals surface area contributed by atoms with E-state index in [4.69, 9.17) is 9.15 Å². The third-order valence-corrected chi connectivity index (χ3v) is 4.31. The van der Waals surface area contributed by atoms with E-state index in [0.717, 1.165) is 22.3 Å². The van der Waals surface area contributed by atoms with Crippen molar-refractivity contribution in [3.05, 3.63) is 47.6 Å². The summed E-state index contributed by atoms with van der Waals surface area (Å²) in [6.07, 6.45) is 6.06. The number of aromatic nitrogens is 2. The van der Waals surface area contributed by atoms with Gasteiger partial charge in [0.15, 0.2) is 0 Å². The van der Waals surface area contributed by atoms with Gasteiger partial charge in [0.25, 0.3) is 0 Å². The highest BCUT2D eigenvalue weighted by Crippen LogP contribution is 2.38. The van der Waals surface area contributed by atoms with Gasteiger partial charge in [-0.2, -0.15) is 0 Å². The van der Waals surface area contributed by atoms with Crippen LogP contribution < -0.4 is 0 Å². The lowest BCUT2D eigenvalue weighted by molar-refractivity contribution is 0.0526. The Labute approximate surface area is 139 Å². The average molecular weight is 322 g/mol. The summed E-state index contributed by atoms with van der Waals surface area (Å²) in [6, 6.07) is 5.71. The molecular weight excluding hydrogens is 304 g/mol. The van der Waals surface area contributed by atoms with Crippen LogP contribution in [-0.4, -0.2) is 22.5 Å². The molecule has 1 aliphatic carbocycles. The Morgan fingerprint density at radius 2 is 2.12 bits per heavy atom. The predicted molar refractivity (Wildman–Crippen MR) is 89.9 cm³/mol. The number of hydrogen-bond acceptors (Lipinski definition) is 5. The van der Waals surface area contributed by atoms with Crippen LogP contribution >= 0.6 is 0 Å². The van der Waals surface area contributed by atoms with Crippen LogP contribution in [-0.2, 0) is 4.74 Å². The van der Waals surface area contributed by atoms with Crippen LogP contribution in [0, 0.1) is 6.92 Å². The Balaban J connectivity index is 1.76. The minimum Gasteiger partial charge on any atom is -0.462 e. The molecule has 24 heavy (non-hydrogen) atoms. The van der Waals surface area contributed by atoms with Crippen molar-refractivity contribution >= 4 is 16.9 Å². The summed E-state index contributed by atoms with van der Waals surface area (Å²) in [6.45, 7) is 3.90. The van der Waals surface area contributed by atoms with Crippen LogP contribution in [0.3, 0.4) is 0 Å². The summed E-state index contributed by atoms with van der Waals surface area (Å²) in [5.74, 6) is 0.790. The Kier molecular flexibility index (Phi) is 3.56. The lowest BCUT2D eigenvalue weighted by Gasteiger charge is -2.03. The average Bonchev–Trinajstić information content (AvgIpc) is 3.37. The van der Waals surface area contributed by atoms with Crippen molar-refractivity contribution in [1.82, 2.24) is 9.97 Å². The first kappa shape index (κ1) is 14.9. The van der Waals surface area contributed by atoms with E-state index in [1.54, 1.807) is 20.0 Å². The number of benzene rings is 1. The summed E-state index contributed by atoms with van der Waals surface area (Å²) < 4.78 is 10.8. The quantitative estimate of drug-likeness (QED) is 0.672. The molecular formula is C19H18N2O3. The zero-order chi connectivity index (χ0) is 16.7. The summed E-state index contributed by atoms with van der Waals surface area (Å²) in [5.41, 5.74) is 3.91. The van der Waals surface area contributed by atoms with Gasteiger partial charge < -0.3 is 9.15 Å². The van der Waals surface area contributed by atoms with Gasteiger partial charge in [-0.25, -0.2) is 4.79 Å². The molecule has 122 valence electrons. The van der Waals surface area contributed by atoms with Gasteiger partial charge in [-0.1, -0.05) is 0 Å². The Morgan fingerprint density at radius 1 is 1.29 bits per heavy atom. The van der Waals surface area contributed by atoms with Crippen LogP contribution in [0.25, 0.3) is 22.2 Å². The highest BCUT2D eigenvalue weighted by atomic mass is 16.5. The minimum atomic E-state index is -0.360. The maximum atomic E-state index is 12.2. The fourth-order valence-corrected chi connectivity index (χ4v) is 2.91. The smallest absolute Gasteiger partial charge is 0.342 e. The number of fused-ring (bicyclic) bond motifs is 1. The number of aryl methyl sites for hydroxylation is 1. The van der Waals surface area contributed by atoms with Gasteiger partial charge in [0.05, 0.1) is 24.2 Å². The second-order valence-corrected chi connectivity index (χ2v) is 6.07. The predicted octanol–water partition coefficient (Wildman–Crippen LogP) is 4.25. The highest BCUT2D eigenvalue weighted by Gasteiger charge is 2.25. The van der Waals surface area contributed by atoms with Gasteiger partial charge in [-0.15, -0.1) is 0 Å². The van der Waals surface area contributed by atoms with Gasteiger partial charge >= 0.3 is 5.97 Å². The molecule has 0 spiro atoms. The van der Waals surface area contributed by atoms with Crippen molar-refractivity contribution in [1.29, 1.82) is 0 Å². The molecule has 4 rings (SSSR count). The molecule has 0 saturated heterocycles. The topological polar surface area (TPSA) is 65.2 Å². The van der Waals surface area contributed by atoms with Crippen molar-refractivity contribution in [2.24, 2.45) is 0 Å². The number of carbonyl (C=O) groups is 1. The first-order chi connectivity index (χ1) is 11.7. The molecule has 2 aromatic heterocycles. The third-order valence-electron chi connectivity index (χ3n) is 4.31. The second kappa shape index (κ2) is 5.74. The van der Waals surface area contributed by atoms with Crippen molar-refractivity contribution in [2.45, 2.75) is 32.6 Å². The number of esters is 1. The lowest BCUT2D eigenvalue weighted by atomic mass is 10.1. The largest absolute Gasteiger partial charge is 0.462 e. The molecule has 2 heterocycles. The van der Waals surface area contributed by atoms with E-state index in [1.165, 1.54) is 12.8 Å². The van der Waals surface area contributed by atoms with Crippen molar-refractivity contribution in [3.63, 3.8) is 0 Å². The van der Waals surface area contributed by atoms with Crippen molar-refractivity contribution < 1.29 is 13.9 Å². The number of nitrogens with zero attached hydrogens (tertiary/aromatic N) is 2. The molecule has 0 bridgehead atoms. The first-order valence-electron chi connectivity index (χ1n) is 8.20. The van der Waals surface area contributed by atoms with E-state index in [0.29, 0.717) is 29.4 Å². The zero-order valence-electron chi connectivity index (χ0n) is 13.7. The maximum Gasteiger partial charge on any atom is 0.342 e. The molecule has 0 unspecified atom stereocenters. The third kappa shape index (κ3) is 2.56. The first-order valence-corrected chi connectivity index (χ1v) is 8.20. The van der Waals surface area contributed by atoms with Gasteiger partial charge in [-0.05, 0) is 44.9 Å². The molecule has 5 heteroatoms. The molecule has 0 N–H and O–H groups in total. The fraction of sp³-hybridized carbons (Fsp3) is 0.316. The summed E-state index contributed by atoms with van der Waals surface area (Å²) in [5, 5.41) is 0.747. The molecule has 5 nitrogen and oxygen atoms in total. The van der Waals surface area contributed by atoms with Crippen LogP contribution in [0.5, 0.6) is 0 Å². The molecule has 3 aromatic rings. The van der Waals surface area contributed by atoms with E-state index >= 15 is 0 Å². The SMILES string of the molecule is CCOC(=O)c1c(C)oc2ccc(-c3cnc(C4CC4)cn3)cc12. The summed E-state index contributed by atoms with van der Waals surface area (Å²) in [7, 11) is 0. The maximum absolute atomic E-state index is 12.2. The number of ether oxygens (including phenoxy) is 1. The Hall–Kier alpha value is -2.69. The minimum absolute atomic E-state index is 0.332. The molecule has 1 saturated carbocycles. The molecule has 1 aliphatic rings. The van der Waals surface area contributed by atoms with E-state index < -0.39 is 0 Å². The number of rotatable bonds is 4. The highest BCUT2D eigenvalue weighted by molar-refractivity contribution is 6.05. The van der Waals surface area contributed by atoms with E-state index in [9.17, 15) is 4.79 Å². The number of carbonyl (C=O) groups excluding carboxylic acids is 1. The van der Waals surface area contributed by atoms with Crippen LogP contribution in [0.4, 0.5) is 0 Å². The molecule has 0 atom stereocenters. The van der Waals surface area contributed by atoms with Gasteiger partial charge in [-0.3, -0.25) is 9.97 Å². The lowest BCUT2D eigenvalue weighted by Crippen LogP contribution is -2.05. The van der Waals surface area contributed by atoms with E-state index in [-0.39, 0.29) is 5.97 Å². The monoisotopic (exact) mass is 322 g/mol. The normalized spacial score (nSPS) is 14.1. The van der Waals surface area contributed by atoms with Crippen molar-refractivity contribution in [2.75, 3.05) is 6.61 Å². The van der Waals surface area contributed by atoms with Crippen molar-refractivity contribution in [3.8, 4) is 11.3 Å². The molecule has 0 aliphatic heterocycles. The zero-order valence-corrected chi connectivity index (χ0v) is 13.7. The Bertz CT molecular complexity index is 908. The fourth-order valence-electron chi connectivity index (χ4n) is 2.91. The molecule has 1 aromatic carbocycles. The second-order valence-electron chi connectivity index (χ2n) is 6.07. The van der Waals surface area contributed by atoms with Crippen LogP contribution in [0.2, 0.25) is 0 Å². The standard InChI is InChI=1S/C19H18N2O3/c1-3-23-19(22)18-11(2)24-17-7-6-13(8-14(17)18)16-10-20-15(9-21-16)12-4-5-12/h6-10,12H,3-5H2,1-2H3. The molecule has 0 radical (unpaired) electrons. The van der Waals surface area contributed by atoms with Gasteiger partial charge in [0.2, 0.25) is 0 Å². The Morgan fingerprint density at radius 3 is 2.79 bits per heavy atom. The summed E-state index contributed by atoms with van der Waals surface area (Å²) >= 11 is 0. The molecule has 0 amide bonds. The number of furan rings is 1. The van der Waals surface area contributed by atoms with E-state index in [1.807, 2.05) is 24.4 Å². The molecule has 1 fully saturated rings. The van der Waals surface area contributed by atoms with Gasteiger partial charge in [0, 0.05) is 23.1 Å². The summed E-state index contributed by atoms with van der Waals surface area (Å²) in [4.78, 5) is 21.2. The van der Waals surface area contributed by atoms with Gasteiger partial charge in [0.1, 0.15) is 16.9 Å². The van der Waals surface area contributed by atoms with Crippen LogP contribution in [0.1, 0.15) is 47.5 Å². The van der Waals surface area contributed by atoms with Crippen LogP contribution in [0.15, 0.2) is 35.0 Å². The van der Waals surface area contributed by atoms with E-state index in [2.05, 4.69) is 9.97 Å². The number of hydrogen-bond donors (Lipinski definition) is 0.